The van der Waals surface area contributed by atoms with Gasteiger partial charge in [0.1, 0.15) is 11.6 Å². The highest BCUT2D eigenvalue weighted by Gasteiger charge is 2.34. The van der Waals surface area contributed by atoms with E-state index in [2.05, 4.69) is 15.6 Å². The molecule has 9 nitrogen and oxygen atoms in total. The highest BCUT2D eigenvalue weighted by atomic mass is 19.4. The molecule has 4 aromatic rings. The van der Waals surface area contributed by atoms with Crippen LogP contribution in [0.15, 0.2) is 60.8 Å². The van der Waals surface area contributed by atoms with Crippen molar-refractivity contribution in [1.82, 2.24) is 15.6 Å². The number of hydrogen-bond acceptors (Lipinski definition) is 7. The number of halogens is 5. The van der Waals surface area contributed by atoms with Gasteiger partial charge in [-0.15, -0.1) is 0 Å². The SMILES string of the molecule is COc1cc2c(Oc3ccc(NC(=O)C(=O)NCc4ccc(F)cc4C(F)(F)F)cc3F)ccnc2cc1OCC1CCNCC1. The molecular weight excluding hydrogens is 615 g/mol. The first kappa shape index (κ1) is 32.4. The summed E-state index contributed by atoms with van der Waals surface area (Å²) in [5.41, 5.74) is -1.31. The van der Waals surface area contributed by atoms with Crippen LogP contribution < -0.4 is 30.2 Å². The molecule has 2 amide bonds. The lowest BCUT2D eigenvalue weighted by Crippen LogP contribution is -2.35. The molecule has 1 fully saturated rings. The number of pyridine rings is 1. The van der Waals surface area contributed by atoms with Gasteiger partial charge in [0.15, 0.2) is 23.1 Å². The zero-order chi connectivity index (χ0) is 32.8. The molecule has 1 aliphatic heterocycles. The van der Waals surface area contributed by atoms with Crippen molar-refractivity contribution in [2.45, 2.75) is 25.6 Å². The van der Waals surface area contributed by atoms with E-state index in [9.17, 15) is 27.2 Å². The maximum absolute atomic E-state index is 15.1. The molecule has 0 bridgehead atoms. The van der Waals surface area contributed by atoms with Gasteiger partial charge in [0.2, 0.25) is 0 Å². The normalized spacial score (nSPS) is 13.7. The fraction of sp³-hybridized carbons (Fsp3) is 0.281. The molecule has 0 unspecified atom stereocenters. The Bertz CT molecular complexity index is 1740. The Labute approximate surface area is 260 Å². The average molecular weight is 645 g/mol. The number of alkyl halides is 3. The van der Waals surface area contributed by atoms with E-state index < -0.39 is 47.3 Å². The Kier molecular flexibility index (Phi) is 9.85. The second-order valence-electron chi connectivity index (χ2n) is 10.5. The van der Waals surface area contributed by atoms with Crippen LogP contribution >= 0.6 is 0 Å². The van der Waals surface area contributed by atoms with Crippen LogP contribution in [0.25, 0.3) is 10.9 Å². The van der Waals surface area contributed by atoms with Crippen LogP contribution in [-0.4, -0.2) is 43.6 Å². The lowest BCUT2D eigenvalue weighted by atomic mass is 9.99. The molecule has 1 saturated heterocycles. The minimum Gasteiger partial charge on any atom is -0.493 e. The molecule has 242 valence electrons. The third-order valence-electron chi connectivity index (χ3n) is 7.35. The molecule has 14 heteroatoms. The van der Waals surface area contributed by atoms with Gasteiger partial charge in [-0.05, 0) is 73.8 Å². The van der Waals surface area contributed by atoms with Gasteiger partial charge in [-0.3, -0.25) is 14.6 Å². The van der Waals surface area contributed by atoms with Gasteiger partial charge in [0.05, 0.1) is 24.8 Å². The molecule has 2 heterocycles. The number of piperidine rings is 1. The van der Waals surface area contributed by atoms with Gasteiger partial charge in [0, 0.05) is 35.9 Å². The van der Waals surface area contributed by atoms with Crippen LogP contribution in [0.2, 0.25) is 0 Å². The number of aromatic nitrogens is 1. The summed E-state index contributed by atoms with van der Waals surface area (Å²) in [6.07, 6.45) is -1.35. The lowest BCUT2D eigenvalue weighted by molar-refractivity contribution is -0.139. The number of nitrogens with one attached hydrogen (secondary N) is 3. The van der Waals surface area contributed by atoms with E-state index in [-0.39, 0.29) is 17.2 Å². The van der Waals surface area contributed by atoms with Crippen molar-refractivity contribution in [2.24, 2.45) is 5.92 Å². The minimum absolute atomic E-state index is 0.112. The number of rotatable bonds is 9. The molecule has 0 radical (unpaired) electrons. The van der Waals surface area contributed by atoms with Crippen molar-refractivity contribution in [3.63, 3.8) is 0 Å². The lowest BCUT2D eigenvalue weighted by Gasteiger charge is -2.23. The number of fused-ring (bicyclic) bond motifs is 1. The summed E-state index contributed by atoms with van der Waals surface area (Å²) in [5.74, 6) is -3.06. The van der Waals surface area contributed by atoms with Crippen LogP contribution in [0.5, 0.6) is 23.0 Å². The monoisotopic (exact) mass is 644 g/mol. The number of ether oxygens (including phenoxy) is 3. The predicted octanol–water partition coefficient (Wildman–Crippen LogP) is 5.97. The highest BCUT2D eigenvalue weighted by Crippen LogP contribution is 2.38. The van der Waals surface area contributed by atoms with Crippen LogP contribution in [0, 0.1) is 17.6 Å². The third kappa shape index (κ3) is 7.80. The summed E-state index contributed by atoms with van der Waals surface area (Å²) >= 11 is 0. The standard InChI is InChI=1S/C32H29F5N4O5/c1-44-28-14-22-25(15-29(28)45-17-18-6-9-38-10-7-18)39-11-8-26(22)46-27-5-4-21(13-24(27)34)41-31(43)30(42)40-16-19-2-3-20(33)12-23(19)32(35,36)37/h2-5,8,11-15,18,38H,6-7,9-10,16-17H2,1H3,(H,40,42)(H,41,43). The maximum Gasteiger partial charge on any atom is 0.416 e. The van der Waals surface area contributed by atoms with Crippen molar-refractivity contribution in [2.75, 3.05) is 32.1 Å². The van der Waals surface area contributed by atoms with Gasteiger partial charge in [-0.1, -0.05) is 6.07 Å². The Hall–Kier alpha value is -4.98. The number of amides is 2. The van der Waals surface area contributed by atoms with Crippen molar-refractivity contribution in [3.05, 3.63) is 83.6 Å². The fourth-order valence-corrected chi connectivity index (χ4v) is 4.94. The molecule has 0 spiro atoms. The largest absolute Gasteiger partial charge is 0.493 e. The van der Waals surface area contributed by atoms with Gasteiger partial charge in [0.25, 0.3) is 0 Å². The molecule has 1 aromatic heterocycles. The first-order chi connectivity index (χ1) is 22.0. The molecule has 0 saturated carbocycles. The number of carbonyl (C=O) groups is 2. The summed E-state index contributed by atoms with van der Waals surface area (Å²) in [5, 5.41) is 8.07. The molecule has 5 rings (SSSR count). The summed E-state index contributed by atoms with van der Waals surface area (Å²) in [6.45, 7) is 1.72. The molecule has 0 atom stereocenters. The van der Waals surface area contributed by atoms with E-state index in [0.717, 1.165) is 44.1 Å². The Morgan fingerprint density at radius 3 is 2.43 bits per heavy atom. The van der Waals surface area contributed by atoms with Gasteiger partial charge < -0.3 is 30.2 Å². The summed E-state index contributed by atoms with van der Waals surface area (Å²) in [7, 11) is 1.50. The minimum atomic E-state index is -4.87. The van der Waals surface area contributed by atoms with Gasteiger partial charge >= 0.3 is 18.0 Å². The second-order valence-corrected chi connectivity index (χ2v) is 10.5. The van der Waals surface area contributed by atoms with Crippen molar-refractivity contribution in [3.8, 4) is 23.0 Å². The second kappa shape index (κ2) is 14.0. The molecule has 3 aromatic carbocycles. The van der Waals surface area contributed by atoms with Gasteiger partial charge in [-0.25, -0.2) is 8.78 Å². The topological polar surface area (TPSA) is 111 Å². The van der Waals surface area contributed by atoms with E-state index in [1.807, 2.05) is 5.32 Å². The van der Waals surface area contributed by atoms with E-state index in [4.69, 9.17) is 14.2 Å². The van der Waals surface area contributed by atoms with Crippen LogP contribution in [0.4, 0.5) is 27.6 Å². The Balaban J connectivity index is 1.24. The Morgan fingerprint density at radius 2 is 1.72 bits per heavy atom. The summed E-state index contributed by atoms with van der Waals surface area (Å²) in [4.78, 5) is 29.0. The van der Waals surface area contributed by atoms with Crippen LogP contribution in [0.3, 0.4) is 0 Å². The number of methoxy groups -OCH3 is 1. The predicted molar refractivity (Wildman–Crippen MR) is 158 cm³/mol. The van der Waals surface area contributed by atoms with Crippen molar-refractivity contribution < 1.29 is 45.8 Å². The van der Waals surface area contributed by atoms with E-state index >= 15 is 4.39 Å². The fourth-order valence-electron chi connectivity index (χ4n) is 4.94. The quantitative estimate of drug-likeness (QED) is 0.152. The number of anilines is 1. The smallest absolute Gasteiger partial charge is 0.416 e. The number of benzene rings is 3. The average Bonchev–Trinajstić information content (AvgIpc) is 3.04. The molecular formula is C32H29F5N4O5. The molecule has 0 aliphatic carbocycles. The number of nitrogens with zero attached hydrogens (tertiary/aromatic N) is 1. The first-order valence-electron chi connectivity index (χ1n) is 14.2. The van der Waals surface area contributed by atoms with E-state index in [1.165, 1.54) is 25.4 Å². The first-order valence-corrected chi connectivity index (χ1v) is 14.2. The maximum atomic E-state index is 15.1. The number of hydrogen-bond donors (Lipinski definition) is 3. The Morgan fingerprint density at radius 1 is 0.935 bits per heavy atom. The van der Waals surface area contributed by atoms with Crippen molar-refractivity contribution >= 4 is 28.4 Å². The zero-order valence-corrected chi connectivity index (χ0v) is 24.5. The van der Waals surface area contributed by atoms with Crippen LogP contribution in [0.1, 0.15) is 24.0 Å². The van der Waals surface area contributed by atoms with Crippen molar-refractivity contribution in [1.29, 1.82) is 0 Å². The molecule has 1 aliphatic rings. The van der Waals surface area contributed by atoms with E-state index in [0.29, 0.717) is 41.0 Å². The number of carbonyl (C=O) groups excluding carboxylic acids is 2. The van der Waals surface area contributed by atoms with Crippen LogP contribution in [-0.2, 0) is 22.3 Å². The summed E-state index contributed by atoms with van der Waals surface area (Å²) in [6, 6.07) is 10.3. The van der Waals surface area contributed by atoms with Gasteiger partial charge in [-0.2, -0.15) is 13.2 Å². The third-order valence-corrected chi connectivity index (χ3v) is 7.35. The van der Waals surface area contributed by atoms with E-state index in [1.54, 1.807) is 18.2 Å². The molecule has 46 heavy (non-hydrogen) atoms. The zero-order valence-electron chi connectivity index (χ0n) is 24.5. The summed E-state index contributed by atoms with van der Waals surface area (Å²) < 4.78 is 85.4. The molecule has 3 N–H and O–H groups in total. The highest BCUT2D eigenvalue weighted by molar-refractivity contribution is 6.39.